The highest BCUT2D eigenvalue weighted by molar-refractivity contribution is 7.90. The molecule has 1 unspecified atom stereocenters. The molecule has 12 heteroatoms. The van der Waals surface area contributed by atoms with Crippen molar-refractivity contribution in [1.82, 2.24) is 10.0 Å². The summed E-state index contributed by atoms with van der Waals surface area (Å²) in [5.74, 6) is -1.58. The highest BCUT2D eigenvalue weighted by Crippen LogP contribution is 2.30. The molecule has 38 heavy (non-hydrogen) atoms. The zero-order valence-electron chi connectivity index (χ0n) is 19.9. The molecule has 3 aromatic rings. The molecule has 1 heterocycles. The summed E-state index contributed by atoms with van der Waals surface area (Å²) in [6, 6.07) is 25.1. The number of alkyl halides is 3. The minimum atomic E-state index is -5.08. The Balaban J connectivity index is 0.000000505. The van der Waals surface area contributed by atoms with Crippen molar-refractivity contribution >= 4 is 21.9 Å². The predicted octanol–water partition coefficient (Wildman–Crippen LogP) is 4.34. The lowest BCUT2D eigenvalue weighted by molar-refractivity contribution is -0.192. The molecule has 0 bridgehead atoms. The monoisotopic (exact) mass is 550 g/mol. The van der Waals surface area contributed by atoms with Crippen molar-refractivity contribution in [3.63, 3.8) is 0 Å². The summed E-state index contributed by atoms with van der Waals surface area (Å²) in [7, 11) is -3.60. The third-order valence-corrected chi connectivity index (χ3v) is 7.12. The van der Waals surface area contributed by atoms with Crippen molar-refractivity contribution in [3.05, 3.63) is 95.6 Å². The van der Waals surface area contributed by atoms with Crippen LogP contribution in [0.3, 0.4) is 0 Å². The molecule has 0 aliphatic carbocycles. The molecule has 1 aliphatic heterocycles. The number of carbonyl (C=O) groups is 2. The Bertz CT molecular complexity index is 1330. The standard InChI is InChI=1S/C24H24N2O4S.C2HF3O2/c27-24-16-23(31(28,29)26-24)20-10-6-19(7-11-20)17-25-15-14-18-8-12-22(13-9-18)30-21-4-2-1-3-5-21;3-2(4,5)1(6)7/h1-13,23,25H,14-17H2,(H,26,27);(H,6,7). The number of carboxylic acid groups (broad SMARTS) is 1. The second-order valence-corrected chi connectivity index (χ2v) is 10.2. The molecular weight excluding hydrogens is 525 g/mol. The number of ether oxygens (including phenoxy) is 1. The van der Waals surface area contributed by atoms with Gasteiger partial charge in [0, 0.05) is 6.54 Å². The molecule has 0 aromatic heterocycles. The third-order valence-electron chi connectivity index (χ3n) is 5.42. The van der Waals surface area contributed by atoms with Crippen LogP contribution in [0.25, 0.3) is 0 Å². The average molecular weight is 551 g/mol. The summed E-state index contributed by atoms with van der Waals surface area (Å²) in [5.41, 5.74) is 2.91. The van der Waals surface area contributed by atoms with Crippen LogP contribution in [0, 0.1) is 0 Å². The molecule has 202 valence electrons. The SMILES string of the molecule is O=C(O)C(F)(F)F.O=C1CC(c2ccc(CNCCc3ccc(Oc4ccccc4)cc3)cc2)S(=O)(=O)N1. The molecule has 0 spiro atoms. The number of hydrogen-bond acceptors (Lipinski definition) is 6. The molecule has 4 rings (SSSR count). The molecular formula is C26H25F3N2O6S. The largest absolute Gasteiger partial charge is 0.490 e. The van der Waals surface area contributed by atoms with E-state index >= 15 is 0 Å². The molecule has 3 N–H and O–H groups in total. The fourth-order valence-electron chi connectivity index (χ4n) is 3.51. The molecule has 1 atom stereocenters. The topological polar surface area (TPSA) is 122 Å². The quantitative estimate of drug-likeness (QED) is 0.357. The first kappa shape index (κ1) is 28.7. The average Bonchev–Trinajstić information content (AvgIpc) is 3.15. The summed E-state index contributed by atoms with van der Waals surface area (Å²) in [4.78, 5) is 20.3. The van der Waals surface area contributed by atoms with Gasteiger partial charge in [-0.25, -0.2) is 13.2 Å². The lowest BCUT2D eigenvalue weighted by Gasteiger charge is -2.10. The maximum atomic E-state index is 12.0. The second-order valence-electron chi connectivity index (χ2n) is 8.29. The zero-order chi connectivity index (χ0) is 27.8. The third kappa shape index (κ3) is 8.60. The first-order valence-corrected chi connectivity index (χ1v) is 12.9. The molecule has 3 aromatic carbocycles. The van der Waals surface area contributed by atoms with Gasteiger partial charge >= 0.3 is 12.1 Å². The number of carboxylic acids is 1. The van der Waals surface area contributed by atoms with Crippen molar-refractivity contribution in [2.45, 2.75) is 30.8 Å². The maximum Gasteiger partial charge on any atom is 0.490 e. The van der Waals surface area contributed by atoms with E-state index in [0.717, 1.165) is 30.0 Å². The van der Waals surface area contributed by atoms with Crippen LogP contribution in [-0.2, 0) is 32.6 Å². The van der Waals surface area contributed by atoms with Gasteiger partial charge in [-0.3, -0.25) is 9.52 Å². The van der Waals surface area contributed by atoms with Gasteiger partial charge in [0.25, 0.3) is 0 Å². The normalized spacial score (nSPS) is 16.2. The van der Waals surface area contributed by atoms with E-state index in [0.29, 0.717) is 12.1 Å². The van der Waals surface area contributed by atoms with Crippen LogP contribution < -0.4 is 14.8 Å². The molecule has 0 radical (unpaired) electrons. The van der Waals surface area contributed by atoms with Crippen LogP contribution in [0.5, 0.6) is 11.5 Å². The van der Waals surface area contributed by atoms with E-state index in [2.05, 4.69) is 17.4 Å². The molecule has 1 fully saturated rings. The Morgan fingerprint density at radius 3 is 2.03 bits per heavy atom. The van der Waals surface area contributed by atoms with Crippen molar-refractivity contribution in [1.29, 1.82) is 0 Å². The van der Waals surface area contributed by atoms with Crippen molar-refractivity contribution in [2.24, 2.45) is 0 Å². The Morgan fingerprint density at radius 2 is 1.50 bits per heavy atom. The summed E-state index contributed by atoms with van der Waals surface area (Å²) in [5, 5.41) is 9.73. The smallest absolute Gasteiger partial charge is 0.475 e. The maximum absolute atomic E-state index is 12.0. The number of halogens is 3. The fourth-order valence-corrected chi connectivity index (χ4v) is 4.94. The Morgan fingerprint density at radius 1 is 0.947 bits per heavy atom. The van der Waals surface area contributed by atoms with Crippen LogP contribution >= 0.6 is 0 Å². The molecule has 1 aliphatic rings. The van der Waals surface area contributed by atoms with E-state index in [-0.39, 0.29) is 6.42 Å². The van der Waals surface area contributed by atoms with Crippen LogP contribution in [0.2, 0.25) is 0 Å². The van der Waals surface area contributed by atoms with Gasteiger partial charge in [-0.1, -0.05) is 54.6 Å². The number of carbonyl (C=O) groups excluding carboxylic acids is 1. The minimum absolute atomic E-state index is 0.0187. The summed E-state index contributed by atoms with van der Waals surface area (Å²) in [6.07, 6.45) is -4.22. The van der Waals surface area contributed by atoms with Gasteiger partial charge in [0.2, 0.25) is 15.9 Å². The van der Waals surface area contributed by atoms with Crippen molar-refractivity contribution in [2.75, 3.05) is 6.54 Å². The highest BCUT2D eigenvalue weighted by Gasteiger charge is 2.38. The van der Waals surface area contributed by atoms with E-state index in [1.165, 1.54) is 5.56 Å². The Hall–Kier alpha value is -3.90. The van der Waals surface area contributed by atoms with Crippen LogP contribution in [0.4, 0.5) is 13.2 Å². The number of amides is 1. The first-order valence-electron chi connectivity index (χ1n) is 11.4. The number of aliphatic carboxylic acids is 1. The lowest BCUT2D eigenvalue weighted by atomic mass is 10.1. The fraction of sp³-hybridized carbons (Fsp3) is 0.231. The Labute approximate surface area is 217 Å². The number of sulfonamides is 1. The van der Waals surface area contributed by atoms with Crippen LogP contribution in [-0.4, -0.2) is 38.1 Å². The van der Waals surface area contributed by atoms with Crippen LogP contribution in [0.15, 0.2) is 78.9 Å². The van der Waals surface area contributed by atoms with E-state index < -0.39 is 33.3 Å². The number of benzene rings is 3. The Kier molecular flexibility index (Phi) is 9.48. The first-order chi connectivity index (χ1) is 17.9. The minimum Gasteiger partial charge on any atom is -0.475 e. The summed E-state index contributed by atoms with van der Waals surface area (Å²) >= 11 is 0. The van der Waals surface area contributed by atoms with Gasteiger partial charge in [0.15, 0.2) is 0 Å². The molecule has 0 saturated carbocycles. The van der Waals surface area contributed by atoms with Gasteiger partial charge in [-0.2, -0.15) is 13.2 Å². The number of nitrogens with one attached hydrogen (secondary N) is 2. The summed E-state index contributed by atoms with van der Waals surface area (Å²) in [6.45, 7) is 1.50. The van der Waals surface area contributed by atoms with Gasteiger partial charge in [-0.15, -0.1) is 0 Å². The number of rotatable bonds is 8. The zero-order valence-corrected chi connectivity index (χ0v) is 20.8. The van der Waals surface area contributed by atoms with Gasteiger partial charge < -0.3 is 15.2 Å². The summed E-state index contributed by atoms with van der Waals surface area (Å²) < 4.78 is 63.5. The van der Waals surface area contributed by atoms with E-state index in [9.17, 15) is 26.4 Å². The molecule has 8 nitrogen and oxygen atoms in total. The molecule has 1 saturated heterocycles. The number of hydrogen-bond donors (Lipinski definition) is 3. The van der Waals surface area contributed by atoms with Gasteiger partial charge in [0.05, 0.1) is 6.42 Å². The van der Waals surface area contributed by atoms with E-state index in [1.807, 2.05) is 59.3 Å². The van der Waals surface area contributed by atoms with Crippen LogP contribution in [0.1, 0.15) is 28.4 Å². The van der Waals surface area contributed by atoms with Crippen molar-refractivity contribution in [3.8, 4) is 11.5 Å². The second kappa shape index (κ2) is 12.6. The van der Waals surface area contributed by atoms with Gasteiger partial charge in [-0.05, 0) is 53.9 Å². The highest BCUT2D eigenvalue weighted by atomic mass is 32.2. The lowest BCUT2D eigenvalue weighted by Crippen LogP contribution is -2.21. The van der Waals surface area contributed by atoms with Gasteiger partial charge in [0.1, 0.15) is 16.7 Å². The van der Waals surface area contributed by atoms with Crippen molar-refractivity contribution < 1.29 is 41.0 Å². The predicted molar refractivity (Wildman–Crippen MR) is 133 cm³/mol. The number of para-hydroxylation sites is 1. The molecule has 1 amide bonds. The van der Waals surface area contributed by atoms with E-state index in [1.54, 1.807) is 12.1 Å². The van der Waals surface area contributed by atoms with E-state index in [4.69, 9.17) is 14.6 Å².